The molecular formula is C29H46NaO3P. The van der Waals surface area contributed by atoms with Crippen LogP contribution in [-0.2, 0) is 26.2 Å². The van der Waals surface area contributed by atoms with E-state index in [1.807, 2.05) is 0 Å². The van der Waals surface area contributed by atoms with Gasteiger partial charge in [-0.2, -0.15) is 0 Å². The molecule has 0 atom stereocenters. The van der Waals surface area contributed by atoms with Crippen molar-refractivity contribution < 1.29 is 45.3 Å². The molecular weight excluding hydrogens is 450 g/mol. The van der Waals surface area contributed by atoms with Gasteiger partial charge < -0.3 is 11.2 Å². The smallest absolute Gasteiger partial charge is 1.00 e. The zero-order valence-corrected chi connectivity index (χ0v) is 26.7. The van der Waals surface area contributed by atoms with Crippen molar-refractivity contribution in [3.05, 3.63) is 69.8 Å². The van der Waals surface area contributed by atoms with Crippen molar-refractivity contribution in [3.8, 4) is 0 Å². The predicted molar refractivity (Wildman–Crippen MR) is 143 cm³/mol. The molecule has 2 aromatic carbocycles. The van der Waals surface area contributed by atoms with Crippen molar-refractivity contribution in [2.45, 2.75) is 111 Å². The van der Waals surface area contributed by atoms with Crippen LogP contribution in [0.25, 0.3) is 0 Å². The van der Waals surface area contributed by atoms with Crippen LogP contribution in [0.4, 0.5) is 0 Å². The van der Waals surface area contributed by atoms with E-state index in [9.17, 15) is 9.79 Å². The van der Waals surface area contributed by atoms with E-state index in [0.717, 1.165) is 22.3 Å². The number of hydrogen-bond donors (Lipinski definition) is 2. The van der Waals surface area contributed by atoms with Crippen LogP contribution in [0, 0.1) is 0 Å². The van der Waals surface area contributed by atoms with Gasteiger partial charge in [0, 0.05) is 0 Å². The summed E-state index contributed by atoms with van der Waals surface area (Å²) in [4.78, 5) is 20.0. The van der Waals surface area contributed by atoms with Crippen LogP contribution >= 0.6 is 8.60 Å². The van der Waals surface area contributed by atoms with Gasteiger partial charge in [-0.3, -0.25) is 4.52 Å². The first-order valence-corrected chi connectivity index (χ1v) is 13.0. The van der Waals surface area contributed by atoms with Gasteiger partial charge in [0.1, 0.15) is 6.10 Å². The van der Waals surface area contributed by atoms with Crippen LogP contribution in [0.5, 0.6) is 0 Å². The molecule has 0 amide bonds. The molecule has 0 saturated carbocycles. The third-order valence-corrected chi connectivity index (χ3v) is 6.62. The summed E-state index contributed by atoms with van der Waals surface area (Å²) in [5, 5.41) is 0. The van der Waals surface area contributed by atoms with Gasteiger partial charge >= 0.3 is 38.2 Å². The van der Waals surface area contributed by atoms with Gasteiger partial charge in [-0.05, 0) is 55.0 Å². The van der Waals surface area contributed by atoms with E-state index in [1.165, 1.54) is 11.1 Å². The van der Waals surface area contributed by atoms with Crippen LogP contribution < -0.4 is 29.6 Å². The maximum absolute atomic E-state index is 10.00. The maximum atomic E-state index is 10.00. The molecule has 0 radical (unpaired) electrons. The molecule has 2 aromatic rings. The average molecular weight is 497 g/mol. The van der Waals surface area contributed by atoms with E-state index < -0.39 is 14.7 Å². The van der Waals surface area contributed by atoms with Crippen molar-refractivity contribution >= 4 is 8.60 Å². The minimum absolute atomic E-state index is 0. The summed E-state index contributed by atoms with van der Waals surface area (Å²) in [7, 11) is -2.54. The fourth-order valence-corrected chi connectivity index (χ4v) is 4.59. The molecule has 34 heavy (non-hydrogen) atoms. The monoisotopic (exact) mass is 496 g/mol. The second kappa shape index (κ2) is 11.0. The Bertz CT molecular complexity index is 902. The van der Waals surface area contributed by atoms with Crippen LogP contribution in [0.15, 0.2) is 36.4 Å². The van der Waals surface area contributed by atoms with Gasteiger partial charge in [-0.15, -0.1) is 0 Å². The van der Waals surface area contributed by atoms with Crippen LogP contribution in [0.1, 0.15) is 124 Å². The predicted octanol–water partition coefficient (Wildman–Crippen LogP) is 5.31. The fourth-order valence-electron chi connectivity index (χ4n) is 4.18. The largest absolute Gasteiger partial charge is 1.00 e. The van der Waals surface area contributed by atoms with Crippen LogP contribution in [0.3, 0.4) is 0 Å². The summed E-state index contributed by atoms with van der Waals surface area (Å²) in [5.41, 5.74) is 6.56. The Morgan fingerprint density at radius 1 is 0.618 bits per heavy atom. The standard InChI is InChI=1S/C29H45O3P.Na.H/c1-26(2,3)19-13-15-21(23(17-19)28(7,8)9)25(32-33(30)31)22-16-14-20(27(4,5)6)18-24(22)29(10,11)12;;/h13-18,25,30-31H,1-12H3;;/q;+1;-1. The normalized spacial score (nSPS) is 13.4. The van der Waals surface area contributed by atoms with Crippen LogP contribution in [0.2, 0.25) is 0 Å². The van der Waals surface area contributed by atoms with Crippen molar-refractivity contribution in [3.63, 3.8) is 0 Å². The zero-order valence-electron chi connectivity index (χ0n) is 24.8. The zero-order chi connectivity index (χ0) is 25.6. The minimum Gasteiger partial charge on any atom is -1.00 e. The molecule has 0 aliphatic heterocycles. The average Bonchev–Trinajstić information content (AvgIpc) is 2.62. The van der Waals surface area contributed by atoms with E-state index in [4.69, 9.17) is 4.52 Å². The third kappa shape index (κ3) is 7.87. The molecule has 2 rings (SSSR count). The van der Waals surface area contributed by atoms with Gasteiger partial charge in [-0.25, -0.2) is 0 Å². The van der Waals surface area contributed by atoms with Gasteiger partial charge in [0.05, 0.1) is 0 Å². The van der Waals surface area contributed by atoms with E-state index in [2.05, 4.69) is 119 Å². The number of benzene rings is 2. The van der Waals surface area contributed by atoms with Gasteiger partial charge in [0.25, 0.3) is 0 Å². The summed E-state index contributed by atoms with van der Waals surface area (Å²) in [6, 6.07) is 13.1. The Hall–Kier alpha value is -0.250. The summed E-state index contributed by atoms with van der Waals surface area (Å²) in [6.07, 6.45) is -0.572. The molecule has 0 aromatic heterocycles. The molecule has 0 aliphatic carbocycles. The summed E-state index contributed by atoms with van der Waals surface area (Å²) >= 11 is 0. The van der Waals surface area contributed by atoms with Crippen molar-refractivity contribution in [2.24, 2.45) is 0 Å². The molecule has 0 fully saturated rings. The summed E-state index contributed by atoms with van der Waals surface area (Å²) < 4.78 is 5.92. The molecule has 0 spiro atoms. The Kier molecular flexibility index (Phi) is 10.3. The van der Waals surface area contributed by atoms with Gasteiger partial charge in [0.2, 0.25) is 0 Å². The van der Waals surface area contributed by atoms with E-state index >= 15 is 0 Å². The summed E-state index contributed by atoms with van der Waals surface area (Å²) in [5.74, 6) is 0. The molecule has 0 saturated heterocycles. The Balaban J connectivity index is 0.00000578. The quantitative estimate of drug-likeness (QED) is 0.446. The molecule has 0 heterocycles. The second-order valence-electron chi connectivity index (χ2n) is 13.3. The Morgan fingerprint density at radius 2 is 0.941 bits per heavy atom. The molecule has 0 bridgehead atoms. The summed E-state index contributed by atoms with van der Waals surface area (Å²) in [6.45, 7) is 26.5. The van der Waals surface area contributed by atoms with E-state index in [0.29, 0.717) is 0 Å². The number of hydrogen-bond acceptors (Lipinski definition) is 3. The maximum Gasteiger partial charge on any atom is 1.00 e. The number of rotatable bonds is 4. The molecule has 5 heteroatoms. The van der Waals surface area contributed by atoms with Crippen LogP contribution in [-0.4, -0.2) is 9.79 Å². The Morgan fingerprint density at radius 3 is 1.18 bits per heavy atom. The topological polar surface area (TPSA) is 49.7 Å². The van der Waals surface area contributed by atoms with Crippen molar-refractivity contribution in [2.75, 3.05) is 0 Å². The molecule has 3 nitrogen and oxygen atoms in total. The first-order valence-electron chi connectivity index (χ1n) is 11.9. The van der Waals surface area contributed by atoms with E-state index in [-0.39, 0.29) is 52.6 Å². The molecule has 2 N–H and O–H groups in total. The van der Waals surface area contributed by atoms with Gasteiger partial charge in [-0.1, -0.05) is 119 Å². The molecule has 186 valence electrons. The van der Waals surface area contributed by atoms with Gasteiger partial charge in [0.15, 0.2) is 0 Å². The first-order chi connectivity index (χ1) is 14.7. The second-order valence-corrected chi connectivity index (χ2v) is 14.1. The van der Waals surface area contributed by atoms with E-state index in [1.54, 1.807) is 0 Å². The molecule has 0 unspecified atom stereocenters. The third-order valence-electron chi connectivity index (χ3n) is 6.22. The van der Waals surface area contributed by atoms with Crippen molar-refractivity contribution in [1.82, 2.24) is 0 Å². The Labute approximate surface area is 233 Å². The first kappa shape index (κ1) is 31.8. The van der Waals surface area contributed by atoms with Crippen molar-refractivity contribution in [1.29, 1.82) is 0 Å². The fraction of sp³-hybridized carbons (Fsp3) is 0.586. The SMILES string of the molecule is CC(C)(C)c1ccc(C(OP(O)O)c2ccc(C(C)(C)C)cc2C(C)(C)C)c(C(C)(C)C)c1.[H-].[Na+]. The molecule has 0 aliphatic rings. The minimum atomic E-state index is -2.54.